The molecule has 2 aromatic carbocycles. The lowest BCUT2D eigenvalue weighted by Gasteiger charge is -2.36. The zero-order valence-electron chi connectivity index (χ0n) is 20.7. The molecule has 1 heterocycles. The molecule has 1 aliphatic carbocycles. The molecule has 38 heavy (non-hydrogen) atoms. The van der Waals surface area contributed by atoms with Gasteiger partial charge in [-0.2, -0.15) is 13.2 Å². The van der Waals surface area contributed by atoms with Crippen LogP contribution in [0, 0.1) is 5.82 Å². The zero-order chi connectivity index (χ0) is 27.3. The summed E-state index contributed by atoms with van der Waals surface area (Å²) < 4.78 is 62.4. The van der Waals surface area contributed by atoms with Gasteiger partial charge in [-0.1, -0.05) is 59.7 Å². The van der Waals surface area contributed by atoms with Crippen molar-refractivity contribution in [3.8, 4) is 5.75 Å². The van der Waals surface area contributed by atoms with Crippen LogP contribution in [0.15, 0.2) is 60.8 Å². The lowest BCUT2D eigenvalue weighted by Crippen LogP contribution is -2.54. The summed E-state index contributed by atoms with van der Waals surface area (Å²) in [5.74, 6) is -0.590. The Balaban J connectivity index is 1.93. The maximum Gasteiger partial charge on any atom is 0.416 e. The second kappa shape index (κ2) is 11.9. The first-order valence-electron chi connectivity index (χ1n) is 12.2. The normalized spacial score (nSPS) is 15.6. The number of hydrogen-bond donors (Lipinski definition) is 2. The van der Waals surface area contributed by atoms with E-state index in [4.69, 9.17) is 4.74 Å². The minimum absolute atomic E-state index is 0.0353. The van der Waals surface area contributed by atoms with Crippen LogP contribution in [0.2, 0.25) is 0 Å². The fourth-order valence-electron chi connectivity index (χ4n) is 4.90. The highest BCUT2D eigenvalue weighted by Crippen LogP contribution is 2.39. The molecule has 0 aliphatic heterocycles. The number of nitrogens with one attached hydrogen (secondary N) is 2. The number of carbonyl (C=O) groups is 1. The summed E-state index contributed by atoms with van der Waals surface area (Å²) in [5.41, 5.74) is -1.11. The molecule has 202 valence electrons. The van der Waals surface area contributed by atoms with Gasteiger partial charge in [-0.05, 0) is 59.9 Å². The van der Waals surface area contributed by atoms with Crippen LogP contribution in [0.25, 0.3) is 0 Å². The molecule has 1 aliphatic rings. The quantitative estimate of drug-likeness (QED) is 0.160. The van der Waals surface area contributed by atoms with Crippen LogP contribution in [0.3, 0.4) is 0 Å². The predicted molar refractivity (Wildman–Crippen MR) is 145 cm³/mol. The van der Waals surface area contributed by atoms with Crippen molar-refractivity contribution < 1.29 is 27.1 Å². The van der Waals surface area contributed by atoms with Crippen LogP contribution in [0.4, 0.5) is 22.4 Å². The molecule has 0 unspecified atom stereocenters. The first kappa shape index (κ1) is 28.1. The van der Waals surface area contributed by atoms with Gasteiger partial charge in [-0.15, -0.1) is 0 Å². The second-order valence-electron chi connectivity index (χ2n) is 9.39. The molecule has 10 heteroatoms. The number of hydrogen-bond acceptors (Lipinski definition) is 3. The Bertz CT molecular complexity index is 1260. The Kier molecular flexibility index (Phi) is 8.79. The fourth-order valence-corrected chi connectivity index (χ4v) is 5.35. The van der Waals surface area contributed by atoms with Gasteiger partial charge in [-0.25, -0.2) is 9.18 Å². The molecule has 3 aromatic rings. The summed E-state index contributed by atoms with van der Waals surface area (Å²) in [6.07, 6.45) is 0.371. The predicted octanol–water partition coefficient (Wildman–Crippen LogP) is 6.91. The van der Waals surface area contributed by atoms with Crippen LogP contribution >= 0.6 is 22.6 Å². The van der Waals surface area contributed by atoms with E-state index in [1.165, 1.54) is 7.11 Å². The highest BCUT2D eigenvalue weighted by atomic mass is 127. The maximum absolute atomic E-state index is 14.8. The third kappa shape index (κ3) is 6.39. The summed E-state index contributed by atoms with van der Waals surface area (Å²) in [6, 6.07) is 12.2. The molecule has 0 bridgehead atoms. The number of carbonyl (C=O) groups excluding carboxylic acids is 1. The molecule has 0 saturated heterocycles. The van der Waals surface area contributed by atoms with Gasteiger partial charge in [-0.3, -0.25) is 4.98 Å². The summed E-state index contributed by atoms with van der Waals surface area (Å²) >= 11 is 2.18. The topological polar surface area (TPSA) is 63.2 Å². The Morgan fingerprint density at radius 1 is 1.08 bits per heavy atom. The lowest BCUT2D eigenvalue weighted by molar-refractivity contribution is -0.137. The van der Waals surface area contributed by atoms with Crippen molar-refractivity contribution in [3.05, 3.63) is 94.6 Å². The van der Waals surface area contributed by atoms with Crippen molar-refractivity contribution in [1.82, 2.24) is 15.6 Å². The van der Waals surface area contributed by atoms with E-state index in [0.717, 1.165) is 43.4 Å². The molecule has 1 saturated carbocycles. The van der Waals surface area contributed by atoms with Crippen LogP contribution in [0.5, 0.6) is 5.75 Å². The number of rotatable bonds is 8. The Hall–Kier alpha value is -2.89. The van der Waals surface area contributed by atoms with Crippen LogP contribution in [-0.4, -0.2) is 24.2 Å². The summed E-state index contributed by atoms with van der Waals surface area (Å²) in [5, 5.41) is 5.87. The minimum atomic E-state index is -4.79. The average Bonchev–Trinajstić information content (AvgIpc) is 3.40. The number of para-hydroxylation sites is 1. The summed E-state index contributed by atoms with van der Waals surface area (Å²) in [4.78, 5) is 18.0. The number of alkyl halides is 4. The molecular weight excluding hydrogens is 613 g/mol. The Morgan fingerprint density at radius 3 is 2.42 bits per heavy atom. The van der Waals surface area contributed by atoms with Gasteiger partial charge in [0.15, 0.2) is 0 Å². The van der Waals surface area contributed by atoms with Crippen molar-refractivity contribution in [1.29, 1.82) is 0 Å². The van der Waals surface area contributed by atoms with Crippen molar-refractivity contribution in [2.45, 2.75) is 54.3 Å². The number of urea groups is 1. The highest BCUT2D eigenvalue weighted by molar-refractivity contribution is 14.1. The van der Waals surface area contributed by atoms with Crippen molar-refractivity contribution in [2.24, 2.45) is 0 Å². The molecular formula is C28H28F4IN3O2. The van der Waals surface area contributed by atoms with Gasteiger partial charge >= 0.3 is 12.2 Å². The van der Waals surface area contributed by atoms with E-state index in [1.54, 1.807) is 42.6 Å². The largest absolute Gasteiger partial charge is 0.496 e. The van der Waals surface area contributed by atoms with E-state index in [-0.39, 0.29) is 23.7 Å². The van der Waals surface area contributed by atoms with E-state index < -0.39 is 29.1 Å². The maximum atomic E-state index is 14.8. The third-order valence-electron chi connectivity index (χ3n) is 6.80. The van der Waals surface area contributed by atoms with Crippen molar-refractivity contribution >= 4 is 28.6 Å². The van der Waals surface area contributed by atoms with Gasteiger partial charge < -0.3 is 15.4 Å². The van der Waals surface area contributed by atoms with Crippen LogP contribution in [0.1, 0.15) is 53.6 Å². The lowest BCUT2D eigenvalue weighted by atomic mass is 9.79. The van der Waals surface area contributed by atoms with E-state index in [9.17, 15) is 22.4 Å². The third-order valence-corrected chi connectivity index (χ3v) is 7.68. The van der Waals surface area contributed by atoms with Crippen LogP contribution < -0.4 is 15.4 Å². The molecule has 1 aromatic heterocycles. The zero-order valence-corrected chi connectivity index (χ0v) is 22.9. The minimum Gasteiger partial charge on any atom is -0.496 e. The first-order valence-corrected chi connectivity index (χ1v) is 13.8. The van der Waals surface area contributed by atoms with Crippen LogP contribution in [-0.2, 0) is 22.6 Å². The number of aromatic nitrogens is 1. The average molecular weight is 641 g/mol. The van der Waals surface area contributed by atoms with Gasteiger partial charge in [0, 0.05) is 23.1 Å². The molecule has 5 nitrogen and oxygen atoms in total. The van der Waals surface area contributed by atoms with E-state index >= 15 is 0 Å². The Morgan fingerprint density at radius 2 is 1.79 bits per heavy atom. The number of ether oxygens (including phenoxy) is 1. The summed E-state index contributed by atoms with van der Waals surface area (Å²) in [7, 11) is 1.48. The van der Waals surface area contributed by atoms with Crippen molar-refractivity contribution in [2.75, 3.05) is 7.11 Å². The number of nitrogens with zero attached hydrogens (tertiary/aromatic N) is 1. The molecule has 2 amide bonds. The molecule has 2 N–H and O–H groups in total. The highest BCUT2D eigenvalue weighted by Gasteiger charge is 2.41. The molecule has 0 spiro atoms. The number of benzene rings is 2. The first-order chi connectivity index (χ1) is 18.1. The number of methoxy groups -OCH3 is 1. The molecule has 1 atom stereocenters. The van der Waals surface area contributed by atoms with E-state index in [0.29, 0.717) is 21.8 Å². The summed E-state index contributed by atoms with van der Waals surface area (Å²) in [6.45, 7) is 0. The molecule has 0 radical (unpaired) electrons. The van der Waals surface area contributed by atoms with Crippen molar-refractivity contribution in [3.63, 3.8) is 0 Å². The van der Waals surface area contributed by atoms with E-state index in [1.807, 2.05) is 0 Å². The molecule has 4 rings (SSSR count). The van der Waals surface area contributed by atoms with Gasteiger partial charge in [0.1, 0.15) is 17.1 Å². The SMILES string of the molecule is COc1ccccc1C[C@@](NC(=O)NC1CCCC1)(c1cc(F)cc(C(F)(F)F)c1)c1ccc(CI)cn1. The van der Waals surface area contributed by atoms with Gasteiger partial charge in [0.05, 0.1) is 18.4 Å². The Labute approximate surface area is 232 Å². The number of pyridine rings is 1. The monoisotopic (exact) mass is 641 g/mol. The van der Waals surface area contributed by atoms with Gasteiger partial charge in [0.2, 0.25) is 0 Å². The molecule has 1 fully saturated rings. The second-order valence-corrected chi connectivity index (χ2v) is 10.1. The van der Waals surface area contributed by atoms with E-state index in [2.05, 4.69) is 38.2 Å². The number of amides is 2. The number of halogens is 5. The van der Waals surface area contributed by atoms with Gasteiger partial charge in [0.25, 0.3) is 0 Å². The standard InChI is InChI=1S/C28H28F4IN3O2/c1-38-24-9-5-2-6-19(24)15-27(25-11-10-18(16-33)17-34-25,36-26(37)35-23-7-3-4-8-23)20-12-21(28(30,31)32)14-22(29)13-20/h2,5-6,9-14,17,23H,3-4,7-8,15-16H2,1H3,(H2,35,36,37)/t27-/m1/s1. The fraction of sp³-hybridized carbons (Fsp3) is 0.357. The smallest absolute Gasteiger partial charge is 0.416 e.